The van der Waals surface area contributed by atoms with Gasteiger partial charge in [-0.3, -0.25) is 4.79 Å². The van der Waals surface area contributed by atoms with Crippen molar-refractivity contribution in [2.75, 3.05) is 11.1 Å². The number of nitrogens with one attached hydrogen (secondary N) is 1. The van der Waals surface area contributed by atoms with Crippen molar-refractivity contribution in [3.05, 3.63) is 40.5 Å². The number of aromatic nitrogens is 2. The van der Waals surface area contributed by atoms with Gasteiger partial charge in [0.25, 0.3) is 5.76 Å². The van der Waals surface area contributed by atoms with Crippen molar-refractivity contribution >= 4 is 56.7 Å². The number of para-hydroxylation sites is 1. The van der Waals surface area contributed by atoms with Crippen molar-refractivity contribution in [3.8, 4) is 0 Å². The minimum absolute atomic E-state index is 0.133. The summed E-state index contributed by atoms with van der Waals surface area (Å²) in [6.07, 6.45) is 0. The average molecular weight is 426 g/mol. The van der Waals surface area contributed by atoms with E-state index < -0.39 is 5.76 Å². The maximum Gasteiger partial charge on any atom is 0.288 e. The Morgan fingerprint density at radius 1 is 1.22 bits per heavy atom. The maximum atomic E-state index is 12.7. The highest BCUT2D eigenvalue weighted by Crippen LogP contribution is 2.35. The van der Waals surface area contributed by atoms with Gasteiger partial charge in [0.15, 0.2) is 0 Å². The molecule has 2 aromatic heterocycles. The summed E-state index contributed by atoms with van der Waals surface area (Å²) < 4.78 is 25.3. The zero-order chi connectivity index (χ0) is 19.6. The number of fused-ring (bicyclic) bond motifs is 1. The zero-order valence-corrected chi connectivity index (χ0v) is 17.3. The van der Waals surface area contributed by atoms with Crippen molar-refractivity contribution < 1.29 is 13.6 Å². The molecule has 1 aromatic carbocycles. The van der Waals surface area contributed by atoms with E-state index in [9.17, 15) is 13.6 Å². The van der Waals surface area contributed by atoms with E-state index in [1.807, 2.05) is 20.8 Å². The van der Waals surface area contributed by atoms with E-state index in [1.54, 1.807) is 35.6 Å². The molecule has 142 valence electrons. The summed E-state index contributed by atoms with van der Waals surface area (Å²) in [6.45, 7) is 5.89. The normalized spacial score (nSPS) is 11.3. The monoisotopic (exact) mass is 425 g/mol. The molecule has 1 amide bonds. The Bertz CT molecular complexity index is 991. The number of alkyl halides is 2. The Morgan fingerprint density at radius 3 is 2.70 bits per heavy atom. The van der Waals surface area contributed by atoms with Gasteiger partial charge in [0.2, 0.25) is 5.91 Å². The van der Waals surface area contributed by atoms with Crippen LogP contribution in [0.2, 0.25) is 0 Å². The van der Waals surface area contributed by atoms with E-state index in [0.29, 0.717) is 28.2 Å². The van der Waals surface area contributed by atoms with Crippen molar-refractivity contribution in [1.29, 1.82) is 0 Å². The molecular weight excluding hydrogens is 408 g/mol. The van der Waals surface area contributed by atoms with Gasteiger partial charge < -0.3 is 5.32 Å². The highest BCUT2D eigenvalue weighted by molar-refractivity contribution is 8.00. The molecule has 3 rings (SSSR count). The first-order valence-electron chi connectivity index (χ1n) is 8.06. The highest BCUT2D eigenvalue weighted by atomic mass is 32.2. The first-order valence-corrected chi connectivity index (χ1v) is 10.7. The smallest absolute Gasteiger partial charge is 0.288 e. The Morgan fingerprint density at radius 2 is 1.96 bits per heavy atom. The van der Waals surface area contributed by atoms with Crippen LogP contribution in [-0.2, 0) is 4.79 Å². The average Bonchev–Trinajstić information content (AvgIpc) is 2.88. The van der Waals surface area contributed by atoms with E-state index in [1.165, 1.54) is 16.6 Å². The first kappa shape index (κ1) is 20.0. The van der Waals surface area contributed by atoms with E-state index in [0.717, 1.165) is 20.8 Å². The van der Waals surface area contributed by atoms with Crippen molar-refractivity contribution in [1.82, 2.24) is 9.97 Å². The predicted octanol–water partition coefficient (Wildman–Crippen LogP) is 5.66. The van der Waals surface area contributed by atoms with Gasteiger partial charge in [-0.15, -0.1) is 11.3 Å². The lowest BCUT2D eigenvalue weighted by molar-refractivity contribution is -0.113. The molecular formula is C18H17F2N3OS3. The topological polar surface area (TPSA) is 54.9 Å². The summed E-state index contributed by atoms with van der Waals surface area (Å²) in [4.78, 5) is 23.8. The van der Waals surface area contributed by atoms with Crippen LogP contribution in [0.5, 0.6) is 0 Å². The van der Waals surface area contributed by atoms with Crippen LogP contribution in [0.4, 0.5) is 14.5 Å². The Kier molecular flexibility index (Phi) is 6.33. The minimum atomic E-state index is -2.54. The first-order chi connectivity index (χ1) is 12.8. The lowest BCUT2D eigenvalue weighted by Gasteiger charge is -2.10. The Balaban J connectivity index is 1.75. The molecule has 0 atom stereocenters. The van der Waals surface area contributed by atoms with Gasteiger partial charge in [-0.1, -0.05) is 35.7 Å². The molecule has 9 heteroatoms. The van der Waals surface area contributed by atoms with Gasteiger partial charge in [0.05, 0.1) is 11.4 Å². The summed E-state index contributed by atoms with van der Waals surface area (Å²) in [7, 11) is 0. The molecule has 0 unspecified atom stereocenters. The number of thioether (sulfide) groups is 2. The van der Waals surface area contributed by atoms with Crippen molar-refractivity contribution in [3.63, 3.8) is 0 Å². The maximum absolute atomic E-state index is 12.7. The van der Waals surface area contributed by atoms with E-state index in [4.69, 9.17) is 0 Å². The van der Waals surface area contributed by atoms with Crippen LogP contribution in [0.3, 0.4) is 0 Å². The summed E-state index contributed by atoms with van der Waals surface area (Å²) in [5.74, 6) is -2.02. The van der Waals surface area contributed by atoms with Crippen LogP contribution >= 0.6 is 34.9 Å². The molecule has 0 bridgehead atoms. The second kappa shape index (κ2) is 8.53. The predicted molar refractivity (Wildman–Crippen MR) is 109 cm³/mol. The van der Waals surface area contributed by atoms with Gasteiger partial charge >= 0.3 is 0 Å². The number of carbonyl (C=O) groups is 1. The lowest BCUT2D eigenvalue weighted by atomic mass is 10.2. The van der Waals surface area contributed by atoms with Crippen molar-refractivity contribution in [2.24, 2.45) is 0 Å². The number of halogens is 2. The fourth-order valence-corrected chi connectivity index (χ4v) is 5.17. The van der Waals surface area contributed by atoms with Crippen LogP contribution in [0.15, 0.2) is 34.2 Å². The fraction of sp³-hybridized carbons (Fsp3) is 0.278. The number of nitrogens with zero attached hydrogens (tertiary/aromatic N) is 2. The number of thiophene rings is 1. The molecule has 0 aliphatic rings. The molecule has 0 radical (unpaired) electrons. The second-order valence-electron chi connectivity index (χ2n) is 5.75. The summed E-state index contributed by atoms with van der Waals surface area (Å²) in [5, 5.41) is 4.46. The van der Waals surface area contributed by atoms with Crippen LogP contribution in [0.25, 0.3) is 10.2 Å². The third-order valence-corrected chi connectivity index (χ3v) is 6.69. The molecule has 0 spiro atoms. The fourth-order valence-electron chi connectivity index (χ4n) is 2.51. The molecule has 0 aliphatic carbocycles. The van der Waals surface area contributed by atoms with Gasteiger partial charge in [-0.25, -0.2) is 9.97 Å². The molecule has 1 N–H and O–H groups in total. The summed E-state index contributed by atoms with van der Waals surface area (Å²) >= 11 is 3.36. The third kappa shape index (κ3) is 4.77. The second-order valence-corrected chi connectivity index (χ2v) is 8.95. The summed E-state index contributed by atoms with van der Waals surface area (Å²) in [5.41, 5.74) is 1.51. The molecule has 2 heterocycles. The number of rotatable bonds is 6. The number of aryl methyl sites for hydroxylation is 3. The molecule has 3 aromatic rings. The van der Waals surface area contributed by atoms with E-state index in [2.05, 4.69) is 15.3 Å². The SMILES string of the molecule is Cc1nc(SCC(=O)Nc2ccccc2SC(F)F)c2c(C)c(C)sc2n1. The molecule has 0 saturated heterocycles. The van der Waals surface area contributed by atoms with Gasteiger partial charge in [0.1, 0.15) is 15.7 Å². The quantitative estimate of drug-likeness (QED) is 0.408. The summed E-state index contributed by atoms with van der Waals surface area (Å²) in [6, 6.07) is 6.55. The number of hydrogen-bond donors (Lipinski definition) is 1. The highest BCUT2D eigenvalue weighted by Gasteiger charge is 2.16. The molecule has 0 saturated carbocycles. The number of hydrogen-bond acceptors (Lipinski definition) is 6. The van der Waals surface area contributed by atoms with Gasteiger partial charge in [-0.05, 0) is 38.5 Å². The number of benzene rings is 1. The molecule has 4 nitrogen and oxygen atoms in total. The van der Waals surface area contributed by atoms with Gasteiger partial charge in [0, 0.05) is 15.2 Å². The largest absolute Gasteiger partial charge is 0.324 e. The van der Waals surface area contributed by atoms with Crippen molar-refractivity contribution in [2.45, 2.75) is 36.5 Å². The number of amides is 1. The standard InChI is InChI=1S/C18H17F2N3OS3/c1-9-10(2)26-17-15(9)16(21-11(3)22-17)25-8-14(24)23-12-6-4-5-7-13(12)27-18(19)20/h4-7,18H,8H2,1-3H3,(H,23,24). The molecule has 27 heavy (non-hydrogen) atoms. The molecule has 0 aliphatic heterocycles. The third-order valence-electron chi connectivity index (χ3n) is 3.82. The number of anilines is 1. The zero-order valence-electron chi connectivity index (χ0n) is 14.9. The Hall–Kier alpha value is -1.71. The van der Waals surface area contributed by atoms with Crippen LogP contribution < -0.4 is 5.32 Å². The van der Waals surface area contributed by atoms with Crippen LogP contribution in [-0.4, -0.2) is 27.4 Å². The lowest BCUT2D eigenvalue weighted by Crippen LogP contribution is -2.15. The van der Waals surface area contributed by atoms with Crippen LogP contribution in [0.1, 0.15) is 16.3 Å². The van der Waals surface area contributed by atoms with Crippen LogP contribution in [0, 0.1) is 20.8 Å². The Labute approximate surface area is 168 Å². The van der Waals surface area contributed by atoms with E-state index in [-0.39, 0.29) is 11.7 Å². The minimum Gasteiger partial charge on any atom is -0.324 e. The van der Waals surface area contributed by atoms with E-state index >= 15 is 0 Å². The molecule has 0 fully saturated rings. The van der Waals surface area contributed by atoms with Gasteiger partial charge in [-0.2, -0.15) is 8.78 Å². The number of carbonyl (C=O) groups excluding carboxylic acids is 1.